The maximum Gasteiger partial charge on any atom is 0.226 e. The molecule has 6 unspecified atom stereocenters. The third-order valence-electron chi connectivity index (χ3n) is 7.26. The lowest BCUT2D eigenvalue weighted by Crippen LogP contribution is -2.65. The Balaban J connectivity index is 2.03. The van der Waals surface area contributed by atoms with Gasteiger partial charge in [0.2, 0.25) is 12.1 Å². The highest BCUT2D eigenvalue weighted by Crippen LogP contribution is 2.67. The van der Waals surface area contributed by atoms with E-state index in [1.165, 1.54) is 0 Å². The van der Waals surface area contributed by atoms with Crippen molar-refractivity contribution in [3.63, 3.8) is 0 Å². The summed E-state index contributed by atoms with van der Waals surface area (Å²) in [5, 5.41) is 33.2. The number of hydrogen-bond donors (Lipinski definition) is 3. The lowest BCUT2D eigenvalue weighted by Gasteiger charge is -2.58. The number of Topliss-reactive ketones (excluding diaryl/α,β-unsaturated/α-hetero) is 1. The van der Waals surface area contributed by atoms with Gasteiger partial charge in [-0.25, -0.2) is 0 Å². The van der Waals surface area contributed by atoms with Crippen LogP contribution in [0.5, 0.6) is 0 Å². The van der Waals surface area contributed by atoms with Gasteiger partial charge in [-0.2, -0.15) is 0 Å². The summed E-state index contributed by atoms with van der Waals surface area (Å²) in [6.45, 7) is 9.46. The molecule has 3 aliphatic carbocycles. The van der Waals surface area contributed by atoms with Gasteiger partial charge in [-0.05, 0) is 31.8 Å². The Hall–Kier alpha value is -1.43. The van der Waals surface area contributed by atoms with Crippen molar-refractivity contribution in [1.29, 1.82) is 0 Å². The van der Waals surface area contributed by atoms with Crippen molar-refractivity contribution in [1.82, 2.24) is 0 Å². The molecule has 136 valence electrons. The lowest BCUT2D eigenvalue weighted by atomic mass is 9.46. The average molecular weight is 346 g/mol. The minimum absolute atomic E-state index is 0.161. The number of carbonyl (C=O) groups excluding carboxylic acids is 1. The molecule has 0 aromatic carbocycles. The molecule has 25 heavy (non-hydrogen) atoms. The van der Waals surface area contributed by atoms with Crippen LogP contribution in [0, 0.1) is 16.2 Å². The van der Waals surface area contributed by atoms with E-state index in [-0.39, 0.29) is 11.3 Å². The molecule has 5 nitrogen and oxygen atoms in total. The van der Waals surface area contributed by atoms with Gasteiger partial charge in [0.15, 0.2) is 5.76 Å². The van der Waals surface area contributed by atoms with E-state index in [2.05, 4.69) is 6.58 Å². The molecule has 3 N–H and O–H groups in total. The zero-order valence-corrected chi connectivity index (χ0v) is 15.0. The van der Waals surface area contributed by atoms with E-state index < -0.39 is 40.0 Å². The fourth-order valence-corrected chi connectivity index (χ4v) is 5.71. The van der Waals surface area contributed by atoms with Crippen LogP contribution in [-0.2, 0) is 9.53 Å². The molecule has 1 aliphatic heterocycles. The quantitative estimate of drug-likeness (QED) is 0.632. The first-order valence-corrected chi connectivity index (χ1v) is 8.95. The molecule has 0 aromatic rings. The summed E-state index contributed by atoms with van der Waals surface area (Å²) < 4.78 is 5.62. The fourth-order valence-electron chi connectivity index (χ4n) is 5.71. The number of carbonyl (C=O) groups is 1. The van der Waals surface area contributed by atoms with E-state index in [4.69, 9.17) is 4.74 Å². The van der Waals surface area contributed by atoms with E-state index in [1.54, 1.807) is 12.2 Å². The Kier molecular flexibility index (Phi) is 3.16. The Bertz CT molecular complexity index is 751. The number of hydrogen-bond acceptors (Lipinski definition) is 5. The standard InChI is InChI=1S/C20H26O5/c1-5-17(2)9-11-13(22)14-15-18(3,16(23)25-14)7-6-8-19(15,4)20(11,24)12(21)10-17/h5,9,12,16,21,23-24H,1,6-8,10H2,2-4H3. The molecule has 4 aliphatic rings. The van der Waals surface area contributed by atoms with Crippen LogP contribution in [0.25, 0.3) is 0 Å². The second kappa shape index (κ2) is 4.64. The number of fused-ring (bicyclic) bond motifs is 2. The topological polar surface area (TPSA) is 87.0 Å². The first kappa shape index (κ1) is 17.0. The van der Waals surface area contributed by atoms with E-state index in [0.717, 1.165) is 6.42 Å². The third kappa shape index (κ3) is 1.72. The minimum Gasteiger partial charge on any atom is -0.460 e. The molecular weight excluding hydrogens is 320 g/mol. The molecule has 0 amide bonds. The number of ketones is 1. The maximum absolute atomic E-state index is 13.2. The Labute approximate surface area is 147 Å². The third-order valence-corrected chi connectivity index (χ3v) is 7.26. The maximum atomic E-state index is 13.2. The Morgan fingerprint density at radius 3 is 2.60 bits per heavy atom. The van der Waals surface area contributed by atoms with Gasteiger partial charge in [0.25, 0.3) is 0 Å². The van der Waals surface area contributed by atoms with Crippen molar-refractivity contribution < 1.29 is 24.9 Å². The largest absolute Gasteiger partial charge is 0.460 e. The van der Waals surface area contributed by atoms with E-state index in [1.807, 2.05) is 20.8 Å². The van der Waals surface area contributed by atoms with Crippen molar-refractivity contribution in [2.75, 3.05) is 0 Å². The number of allylic oxidation sites excluding steroid dienone is 3. The average Bonchev–Trinajstić information content (AvgIpc) is 2.82. The lowest BCUT2D eigenvalue weighted by molar-refractivity contribution is -0.157. The normalized spacial score (nSPS) is 51.4. The Morgan fingerprint density at radius 1 is 1.28 bits per heavy atom. The zero-order valence-electron chi connectivity index (χ0n) is 15.0. The molecule has 1 saturated carbocycles. The molecular formula is C20H26O5. The predicted molar refractivity (Wildman–Crippen MR) is 91.2 cm³/mol. The summed E-state index contributed by atoms with van der Waals surface area (Å²) in [6.07, 6.45) is 3.60. The molecule has 0 radical (unpaired) electrons. The summed E-state index contributed by atoms with van der Waals surface area (Å²) in [5.41, 5.74) is -2.98. The SMILES string of the molecule is C=CC1(C)C=C2C(=O)C3=C4C(C)(CCCC4(C)C2(O)C(O)C1)C(O)O3. The molecule has 0 aromatic heterocycles. The van der Waals surface area contributed by atoms with Gasteiger partial charge in [-0.1, -0.05) is 32.4 Å². The number of ether oxygens (including phenoxy) is 1. The van der Waals surface area contributed by atoms with Gasteiger partial charge in [-0.3, -0.25) is 4.79 Å². The Morgan fingerprint density at radius 2 is 1.96 bits per heavy atom. The first-order chi connectivity index (χ1) is 11.5. The molecule has 1 fully saturated rings. The first-order valence-electron chi connectivity index (χ1n) is 8.95. The van der Waals surface area contributed by atoms with Crippen LogP contribution in [0.15, 0.2) is 35.6 Å². The fraction of sp³-hybridized carbons (Fsp3) is 0.650. The summed E-state index contributed by atoms with van der Waals surface area (Å²) in [6, 6.07) is 0. The van der Waals surface area contributed by atoms with Gasteiger partial charge < -0.3 is 20.1 Å². The molecule has 4 rings (SSSR count). The van der Waals surface area contributed by atoms with Crippen LogP contribution in [0.2, 0.25) is 0 Å². The number of aliphatic hydroxyl groups excluding tert-OH is 2. The van der Waals surface area contributed by atoms with E-state index in [9.17, 15) is 20.1 Å². The van der Waals surface area contributed by atoms with Crippen molar-refractivity contribution in [3.05, 3.63) is 35.6 Å². The number of rotatable bonds is 1. The molecule has 0 spiro atoms. The highest BCUT2D eigenvalue weighted by Gasteiger charge is 2.70. The summed E-state index contributed by atoms with van der Waals surface area (Å²) in [5.74, 6) is -0.264. The molecule has 0 bridgehead atoms. The highest BCUT2D eigenvalue weighted by atomic mass is 16.6. The van der Waals surface area contributed by atoms with Crippen molar-refractivity contribution in [2.45, 2.75) is 64.4 Å². The van der Waals surface area contributed by atoms with Crippen molar-refractivity contribution >= 4 is 5.78 Å². The summed E-state index contributed by atoms with van der Waals surface area (Å²) in [4.78, 5) is 13.2. The molecule has 1 heterocycles. The van der Waals surface area contributed by atoms with Crippen molar-refractivity contribution in [3.8, 4) is 0 Å². The van der Waals surface area contributed by atoms with Gasteiger partial charge in [0, 0.05) is 16.4 Å². The van der Waals surface area contributed by atoms with Crippen molar-refractivity contribution in [2.24, 2.45) is 16.2 Å². The second-order valence-electron chi connectivity index (χ2n) is 8.86. The molecule has 0 saturated heterocycles. The van der Waals surface area contributed by atoms with Crippen LogP contribution in [-0.4, -0.2) is 39.1 Å². The smallest absolute Gasteiger partial charge is 0.226 e. The van der Waals surface area contributed by atoms with E-state index >= 15 is 0 Å². The molecule has 5 heteroatoms. The van der Waals surface area contributed by atoms with Gasteiger partial charge in [0.05, 0.1) is 11.5 Å². The van der Waals surface area contributed by atoms with Crippen LogP contribution >= 0.6 is 0 Å². The van der Waals surface area contributed by atoms with Crippen LogP contribution in [0.1, 0.15) is 46.5 Å². The summed E-state index contributed by atoms with van der Waals surface area (Å²) in [7, 11) is 0. The zero-order chi connectivity index (χ0) is 18.4. The number of aliphatic hydroxyl groups is 3. The van der Waals surface area contributed by atoms with Crippen LogP contribution in [0.3, 0.4) is 0 Å². The van der Waals surface area contributed by atoms with E-state index in [0.29, 0.717) is 24.8 Å². The summed E-state index contributed by atoms with van der Waals surface area (Å²) >= 11 is 0. The van der Waals surface area contributed by atoms with Crippen LogP contribution < -0.4 is 0 Å². The molecule has 6 atom stereocenters. The van der Waals surface area contributed by atoms with Crippen LogP contribution in [0.4, 0.5) is 0 Å². The highest BCUT2D eigenvalue weighted by molar-refractivity contribution is 6.11. The monoisotopic (exact) mass is 346 g/mol. The van der Waals surface area contributed by atoms with Gasteiger partial charge in [-0.15, -0.1) is 6.58 Å². The second-order valence-corrected chi connectivity index (χ2v) is 8.86. The van der Waals surface area contributed by atoms with Gasteiger partial charge >= 0.3 is 0 Å². The minimum atomic E-state index is -1.68. The van der Waals surface area contributed by atoms with Gasteiger partial charge in [0.1, 0.15) is 5.60 Å². The predicted octanol–water partition coefficient (Wildman–Crippen LogP) is 1.98.